The second kappa shape index (κ2) is 9.73. The van der Waals surface area contributed by atoms with Crippen LogP contribution in [-0.2, 0) is 0 Å². The standard InChI is InChI=1S/C25H30N4OS/c1-4-28-14-16-29(17-15-28)23(21-12-8-9-13-26-21)22-18(2)19(3)31-25(22)27-24(30)20-10-6-5-7-11-20/h5-13,23H,4,14-17H2,1-3H3,(H,27,30)/p+2/t23-/m1/s1. The van der Waals surface area contributed by atoms with Crippen molar-refractivity contribution in [3.05, 3.63) is 82.0 Å². The number of aromatic nitrogens is 1. The fourth-order valence-electron chi connectivity index (χ4n) is 4.52. The number of hydrogen-bond donors (Lipinski definition) is 3. The van der Waals surface area contributed by atoms with Gasteiger partial charge in [0.25, 0.3) is 5.91 Å². The molecule has 5 nitrogen and oxygen atoms in total. The summed E-state index contributed by atoms with van der Waals surface area (Å²) in [6.45, 7) is 12.3. The Bertz CT molecular complexity index is 1010. The summed E-state index contributed by atoms with van der Waals surface area (Å²) < 4.78 is 0. The third-order valence-corrected chi connectivity index (χ3v) is 7.61. The maximum atomic E-state index is 13.0. The fraction of sp³-hybridized carbons (Fsp3) is 0.360. The molecule has 31 heavy (non-hydrogen) atoms. The van der Waals surface area contributed by atoms with E-state index in [4.69, 9.17) is 4.98 Å². The van der Waals surface area contributed by atoms with Crippen molar-refractivity contribution in [3.8, 4) is 0 Å². The number of aryl methyl sites for hydroxylation is 1. The minimum Gasteiger partial charge on any atom is -0.326 e. The van der Waals surface area contributed by atoms with Gasteiger partial charge in [-0.1, -0.05) is 24.3 Å². The SMILES string of the molecule is CC[NH+]1CC[NH+]([C@H](c2ccccn2)c2c(NC(=O)c3ccccc3)sc(C)c2C)CC1. The Balaban J connectivity index is 1.72. The number of likely N-dealkylation sites (N-methyl/N-ethyl adjacent to an activating group) is 1. The van der Waals surface area contributed by atoms with Crippen LogP contribution in [0.1, 0.15) is 45.0 Å². The third-order valence-electron chi connectivity index (χ3n) is 6.47. The van der Waals surface area contributed by atoms with Crippen LogP contribution in [0.3, 0.4) is 0 Å². The lowest BCUT2D eigenvalue weighted by molar-refractivity contribution is -1.02. The first kappa shape index (κ1) is 21.7. The van der Waals surface area contributed by atoms with Crippen molar-refractivity contribution in [1.82, 2.24) is 4.98 Å². The maximum Gasteiger partial charge on any atom is 0.256 e. The predicted molar refractivity (Wildman–Crippen MR) is 126 cm³/mol. The highest BCUT2D eigenvalue weighted by atomic mass is 32.1. The Morgan fingerprint density at radius 3 is 2.42 bits per heavy atom. The summed E-state index contributed by atoms with van der Waals surface area (Å²) in [4.78, 5) is 22.2. The Hall–Kier alpha value is -2.54. The number of pyridine rings is 1. The van der Waals surface area contributed by atoms with E-state index in [9.17, 15) is 4.79 Å². The lowest BCUT2D eigenvalue weighted by Crippen LogP contribution is -3.28. The van der Waals surface area contributed by atoms with Gasteiger partial charge in [0.05, 0.1) is 12.1 Å². The van der Waals surface area contributed by atoms with E-state index in [0.717, 1.165) is 23.8 Å². The van der Waals surface area contributed by atoms with Gasteiger partial charge < -0.3 is 15.1 Å². The number of hydrogen-bond acceptors (Lipinski definition) is 3. The summed E-state index contributed by atoms with van der Waals surface area (Å²) in [5, 5.41) is 4.19. The van der Waals surface area contributed by atoms with Crippen molar-refractivity contribution in [1.29, 1.82) is 0 Å². The second-order valence-electron chi connectivity index (χ2n) is 8.30. The predicted octanol–water partition coefficient (Wildman–Crippen LogP) is 1.90. The van der Waals surface area contributed by atoms with Gasteiger partial charge >= 0.3 is 0 Å². The van der Waals surface area contributed by atoms with Crippen LogP contribution in [0.2, 0.25) is 0 Å². The molecule has 1 amide bonds. The number of thiophene rings is 1. The van der Waals surface area contributed by atoms with E-state index in [1.165, 1.54) is 40.5 Å². The monoisotopic (exact) mass is 436 g/mol. The van der Waals surface area contributed by atoms with Gasteiger partial charge in [0.15, 0.2) is 6.04 Å². The van der Waals surface area contributed by atoms with Crippen LogP contribution >= 0.6 is 11.3 Å². The highest BCUT2D eigenvalue weighted by Crippen LogP contribution is 2.38. The van der Waals surface area contributed by atoms with Gasteiger partial charge in [-0.05, 0) is 50.6 Å². The summed E-state index contributed by atoms with van der Waals surface area (Å²) in [5.74, 6) is -0.0573. The third kappa shape index (κ3) is 4.71. The summed E-state index contributed by atoms with van der Waals surface area (Å²) in [6.07, 6.45) is 1.88. The molecule has 1 aliphatic heterocycles. The van der Waals surface area contributed by atoms with Gasteiger partial charge in [-0.3, -0.25) is 9.78 Å². The molecule has 0 bridgehead atoms. The Kier molecular flexibility index (Phi) is 6.80. The average molecular weight is 437 g/mol. The Labute approximate surface area is 188 Å². The highest BCUT2D eigenvalue weighted by Gasteiger charge is 2.36. The van der Waals surface area contributed by atoms with Gasteiger partial charge in [-0.25, -0.2) is 0 Å². The van der Waals surface area contributed by atoms with Crippen LogP contribution < -0.4 is 15.1 Å². The molecule has 1 fully saturated rings. The zero-order valence-electron chi connectivity index (χ0n) is 18.6. The molecule has 3 aromatic rings. The molecule has 3 heterocycles. The number of carbonyl (C=O) groups is 1. The fourth-order valence-corrected chi connectivity index (χ4v) is 5.62. The number of benzene rings is 1. The lowest BCUT2D eigenvalue weighted by atomic mass is 9.97. The molecule has 0 unspecified atom stereocenters. The zero-order chi connectivity index (χ0) is 21.8. The number of piperazine rings is 1. The molecule has 0 spiro atoms. The van der Waals surface area contributed by atoms with Crippen LogP contribution in [0, 0.1) is 13.8 Å². The number of amides is 1. The van der Waals surface area contributed by atoms with Crippen LogP contribution in [0.5, 0.6) is 0 Å². The summed E-state index contributed by atoms with van der Waals surface area (Å²) in [7, 11) is 0. The molecule has 0 aliphatic carbocycles. The molecule has 1 atom stereocenters. The summed E-state index contributed by atoms with van der Waals surface area (Å²) >= 11 is 1.68. The minimum atomic E-state index is -0.0573. The number of anilines is 1. The minimum absolute atomic E-state index is 0.0573. The molecular weight excluding hydrogens is 404 g/mol. The van der Waals surface area contributed by atoms with Gasteiger partial charge in [-0.15, -0.1) is 11.3 Å². The Morgan fingerprint density at radius 2 is 1.77 bits per heavy atom. The summed E-state index contributed by atoms with van der Waals surface area (Å²) in [6, 6.07) is 15.7. The first-order valence-electron chi connectivity index (χ1n) is 11.1. The van der Waals surface area contributed by atoms with Crippen LogP contribution in [0.25, 0.3) is 0 Å². The van der Waals surface area contributed by atoms with Crippen molar-refractivity contribution < 1.29 is 14.6 Å². The van der Waals surface area contributed by atoms with Gasteiger partial charge in [0, 0.05) is 16.6 Å². The quantitative estimate of drug-likeness (QED) is 0.553. The molecule has 162 valence electrons. The van der Waals surface area contributed by atoms with Crippen molar-refractivity contribution in [2.45, 2.75) is 26.8 Å². The first-order chi connectivity index (χ1) is 15.1. The van der Waals surface area contributed by atoms with E-state index in [2.05, 4.69) is 38.2 Å². The van der Waals surface area contributed by atoms with E-state index >= 15 is 0 Å². The topological polar surface area (TPSA) is 50.9 Å². The molecule has 2 aromatic heterocycles. The van der Waals surface area contributed by atoms with Gasteiger partial charge in [0.2, 0.25) is 0 Å². The normalized spacial score (nSPS) is 19.7. The smallest absolute Gasteiger partial charge is 0.256 e. The molecule has 0 radical (unpaired) electrons. The van der Waals surface area contributed by atoms with Crippen LogP contribution in [0.15, 0.2) is 54.7 Å². The second-order valence-corrected chi connectivity index (χ2v) is 9.52. The molecule has 6 heteroatoms. The average Bonchev–Trinajstić information content (AvgIpc) is 3.09. The van der Waals surface area contributed by atoms with Crippen molar-refractivity contribution in [2.75, 3.05) is 38.0 Å². The molecule has 4 rings (SSSR count). The number of rotatable bonds is 6. The molecule has 3 N–H and O–H groups in total. The van der Waals surface area contributed by atoms with Crippen molar-refractivity contribution in [3.63, 3.8) is 0 Å². The van der Waals surface area contributed by atoms with Gasteiger partial charge in [-0.2, -0.15) is 0 Å². The van der Waals surface area contributed by atoms with Gasteiger partial charge in [0.1, 0.15) is 36.9 Å². The largest absolute Gasteiger partial charge is 0.326 e. The van der Waals surface area contributed by atoms with E-state index in [1.54, 1.807) is 16.2 Å². The molecule has 1 aliphatic rings. The number of carbonyl (C=O) groups excluding carboxylic acids is 1. The van der Waals surface area contributed by atoms with E-state index < -0.39 is 0 Å². The number of nitrogens with zero attached hydrogens (tertiary/aromatic N) is 1. The van der Waals surface area contributed by atoms with Crippen LogP contribution in [-0.4, -0.2) is 43.6 Å². The highest BCUT2D eigenvalue weighted by molar-refractivity contribution is 7.16. The van der Waals surface area contributed by atoms with E-state index in [0.29, 0.717) is 5.56 Å². The molecule has 1 saturated heterocycles. The van der Waals surface area contributed by atoms with E-state index in [1.807, 2.05) is 42.6 Å². The van der Waals surface area contributed by atoms with Crippen molar-refractivity contribution in [2.24, 2.45) is 0 Å². The lowest BCUT2D eigenvalue weighted by Gasteiger charge is -2.34. The van der Waals surface area contributed by atoms with Crippen molar-refractivity contribution >= 4 is 22.2 Å². The number of quaternary nitrogens is 2. The zero-order valence-corrected chi connectivity index (χ0v) is 19.4. The maximum absolute atomic E-state index is 13.0. The first-order valence-corrected chi connectivity index (χ1v) is 12.0. The molecule has 1 aromatic carbocycles. The van der Waals surface area contributed by atoms with Crippen LogP contribution in [0.4, 0.5) is 5.00 Å². The molecule has 0 saturated carbocycles. The Morgan fingerprint density at radius 1 is 1.06 bits per heavy atom. The summed E-state index contributed by atoms with van der Waals surface area (Å²) in [5.41, 5.74) is 4.25. The number of nitrogens with one attached hydrogen (secondary N) is 3. The van der Waals surface area contributed by atoms with E-state index in [-0.39, 0.29) is 11.9 Å². The molecular formula is C25H32N4OS+2.